The largest absolute Gasteiger partial charge is 0.513 e. The number of hydrogen-bond acceptors (Lipinski definition) is 2. The second-order valence-electron chi connectivity index (χ2n) is 2.77. The van der Waals surface area contributed by atoms with Crippen LogP contribution in [0.3, 0.4) is 0 Å². The molecule has 7 heteroatoms. The highest BCUT2D eigenvalue weighted by molar-refractivity contribution is 6.74. The zero-order valence-electron chi connectivity index (χ0n) is 7.64. The van der Waals surface area contributed by atoms with E-state index in [4.69, 9.17) is 0 Å². The van der Waals surface area contributed by atoms with Crippen LogP contribution >= 0.6 is 0 Å². The topological polar surface area (TPSA) is 26.3 Å². The van der Waals surface area contributed by atoms with Crippen molar-refractivity contribution in [2.24, 2.45) is 0 Å². The van der Waals surface area contributed by atoms with Gasteiger partial charge in [0.1, 0.15) is 0 Å². The molecule has 0 fully saturated rings. The zero-order chi connectivity index (χ0) is 11.6. The Balaban J connectivity index is 3.40. The summed E-state index contributed by atoms with van der Waals surface area (Å²) in [6.07, 6.45) is 0. The van der Waals surface area contributed by atoms with Gasteiger partial charge < -0.3 is 17.7 Å². The maximum atomic E-state index is 12.9. The molecule has 0 bridgehead atoms. The number of hydrogen-bond donors (Lipinski definition) is 0. The third-order valence-corrected chi connectivity index (χ3v) is 1.79. The number of ether oxygens (including phenoxy) is 1. The van der Waals surface area contributed by atoms with Gasteiger partial charge in [0.25, 0.3) is 0 Å². The fraction of sp³-hybridized carbons (Fsp3) is 0.125. The monoisotopic (exact) mass is 221 g/mol. The van der Waals surface area contributed by atoms with Gasteiger partial charge in [-0.05, 0) is 6.07 Å². The van der Waals surface area contributed by atoms with Gasteiger partial charge in [-0.1, -0.05) is 17.6 Å². The van der Waals surface area contributed by atoms with Gasteiger partial charge in [0.15, 0.2) is 0 Å². The first-order valence-corrected chi connectivity index (χ1v) is 3.94. The number of benzene rings is 1. The molecule has 0 N–H and O–H groups in total. The summed E-state index contributed by atoms with van der Waals surface area (Å²) in [6, 6.07) is 2.55. The van der Waals surface area contributed by atoms with Crippen molar-refractivity contribution in [2.75, 3.05) is 7.11 Å². The molecule has 0 aliphatic carbocycles. The lowest BCUT2D eigenvalue weighted by Gasteiger charge is -2.18. The lowest BCUT2D eigenvalue weighted by molar-refractivity contribution is 0.0601. The molecule has 0 saturated carbocycles. The number of halogens is 4. The third kappa shape index (κ3) is 2.29. The number of esters is 1. The molecule has 0 atom stereocenters. The summed E-state index contributed by atoms with van der Waals surface area (Å²) in [5.41, 5.74) is -2.34. The van der Waals surface area contributed by atoms with E-state index < -0.39 is 29.8 Å². The molecule has 82 valence electrons. The highest BCUT2D eigenvalue weighted by atomic mass is 19.4. The van der Waals surface area contributed by atoms with Crippen molar-refractivity contribution >= 4 is 18.4 Å². The molecule has 0 radical (unpaired) electrons. The molecule has 0 aromatic heterocycles. The van der Waals surface area contributed by atoms with Crippen LogP contribution in [0, 0.1) is 5.82 Å². The number of rotatable bonds is 2. The van der Waals surface area contributed by atoms with Gasteiger partial charge in [0.2, 0.25) is 0 Å². The summed E-state index contributed by atoms with van der Waals surface area (Å²) in [4.78, 5) is 11.0. The number of methoxy groups -OCH3 is 1. The summed E-state index contributed by atoms with van der Waals surface area (Å²) in [6.45, 7) is -5.58. The Morgan fingerprint density at radius 3 is 2.40 bits per heavy atom. The second-order valence-corrected chi connectivity index (χ2v) is 2.77. The fourth-order valence-electron chi connectivity index (χ4n) is 1.16. The molecule has 1 rings (SSSR count). The summed E-state index contributed by atoms with van der Waals surface area (Å²) in [7, 11) is 0.931. The minimum Gasteiger partial charge on any atom is -0.465 e. The molecule has 0 unspecified atom stereocenters. The van der Waals surface area contributed by atoms with E-state index in [1.165, 1.54) is 0 Å². The van der Waals surface area contributed by atoms with E-state index in [9.17, 15) is 22.1 Å². The van der Waals surface area contributed by atoms with Crippen LogP contribution in [0.25, 0.3) is 0 Å². The quantitative estimate of drug-likeness (QED) is 0.431. The summed E-state index contributed by atoms with van der Waals surface area (Å²) in [5, 5.41) is 0. The second kappa shape index (κ2) is 3.92. The third-order valence-electron chi connectivity index (χ3n) is 1.79. The minimum absolute atomic E-state index is 0.650. The molecule has 0 aliphatic heterocycles. The first kappa shape index (κ1) is 11.5. The smallest absolute Gasteiger partial charge is 0.465 e. The van der Waals surface area contributed by atoms with Crippen molar-refractivity contribution in [1.29, 1.82) is 0 Å². The van der Waals surface area contributed by atoms with E-state index >= 15 is 0 Å². The Bertz CT molecular complexity index is 389. The molecular formula is C8H6BF4O2-. The van der Waals surface area contributed by atoms with E-state index in [1.54, 1.807) is 0 Å². The SMILES string of the molecule is COC(=O)c1cccc(F)c1[B-](F)(F)F. The van der Waals surface area contributed by atoms with E-state index in [2.05, 4.69) is 4.74 Å². The van der Waals surface area contributed by atoms with Crippen LogP contribution in [0.5, 0.6) is 0 Å². The lowest BCUT2D eigenvalue weighted by Crippen LogP contribution is -2.41. The van der Waals surface area contributed by atoms with Gasteiger partial charge in [-0.2, -0.15) is 0 Å². The van der Waals surface area contributed by atoms with Crippen LogP contribution in [0.1, 0.15) is 10.4 Å². The predicted octanol–water partition coefficient (Wildman–Crippen LogP) is 1.67. The maximum Gasteiger partial charge on any atom is 0.513 e. The van der Waals surface area contributed by atoms with E-state index in [-0.39, 0.29) is 0 Å². The highest BCUT2D eigenvalue weighted by Crippen LogP contribution is 2.15. The Hall–Kier alpha value is -1.53. The maximum absolute atomic E-state index is 12.9. The molecular weight excluding hydrogens is 215 g/mol. The van der Waals surface area contributed by atoms with Crippen molar-refractivity contribution in [3.05, 3.63) is 29.6 Å². The van der Waals surface area contributed by atoms with Crippen molar-refractivity contribution in [1.82, 2.24) is 0 Å². The number of carbonyl (C=O) groups is 1. The molecule has 0 spiro atoms. The van der Waals surface area contributed by atoms with Crippen LogP contribution in [0.15, 0.2) is 18.2 Å². The Morgan fingerprint density at radius 1 is 1.33 bits per heavy atom. The first-order valence-electron chi connectivity index (χ1n) is 3.94. The van der Waals surface area contributed by atoms with Gasteiger partial charge >= 0.3 is 12.9 Å². The summed E-state index contributed by atoms with van der Waals surface area (Å²) in [5.74, 6) is -2.67. The van der Waals surface area contributed by atoms with Crippen LogP contribution in [0.2, 0.25) is 0 Å². The van der Waals surface area contributed by atoms with Crippen molar-refractivity contribution < 1.29 is 26.9 Å². The Kier molecular flexibility index (Phi) is 3.02. The van der Waals surface area contributed by atoms with Crippen molar-refractivity contribution in [3.8, 4) is 0 Å². The fourth-order valence-corrected chi connectivity index (χ4v) is 1.16. The van der Waals surface area contributed by atoms with Gasteiger partial charge in [-0.15, -0.1) is 0 Å². The average molecular weight is 221 g/mol. The Labute approximate surface area is 82.9 Å². The molecule has 15 heavy (non-hydrogen) atoms. The minimum atomic E-state index is -5.58. The number of carbonyl (C=O) groups excluding carboxylic acids is 1. The highest BCUT2D eigenvalue weighted by Gasteiger charge is 2.33. The molecule has 0 aliphatic rings. The lowest BCUT2D eigenvalue weighted by atomic mass is 9.76. The van der Waals surface area contributed by atoms with E-state index in [1.807, 2.05) is 0 Å². The van der Waals surface area contributed by atoms with Gasteiger partial charge in [-0.3, -0.25) is 0 Å². The zero-order valence-corrected chi connectivity index (χ0v) is 7.64. The van der Waals surface area contributed by atoms with Gasteiger partial charge in [0, 0.05) is 5.56 Å². The Morgan fingerprint density at radius 2 is 1.93 bits per heavy atom. The van der Waals surface area contributed by atoms with Crippen LogP contribution in [-0.2, 0) is 4.74 Å². The summed E-state index contributed by atoms with van der Waals surface area (Å²) < 4.78 is 54.3. The van der Waals surface area contributed by atoms with Crippen LogP contribution in [-0.4, -0.2) is 20.1 Å². The molecule has 1 aromatic carbocycles. The molecule has 2 nitrogen and oxygen atoms in total. The van der Waals surface area contributed by atoms with Crippen molar-refractivity contribution in [3.63, 3.8) is 0 Å². The molecule has 1 aromatic rings. The van der Waals surface area contributed by atoms with Crippen LogP contribution < -0.4 is 5.46 Å². The van der Waals surface area contributed by atoms with Gasteiger partial charge in [0.05, 0.1) is 12.9 Å². The average Bonchev–Trinajstić information content (AvgIpc) is 2.14. The molecule has 0 heterocycles. The van der Waals surface area contributed by atoms with E-state index in [0.717, 1.165) is 19.2 Å². The molecule has 0 saturated heterocycles. The summed E-state index contributed by atoms with van der Waals surface area (Å²) >= 11 is 0. The van der Waals surface area contributed by atoms with Gasteiger partial charge in [-0.25, -0.2) is 9.18 Å². The standard InChI is InChI=1S/C8H6BF4O2/c1-15-8(14)5-3-2-4-6(10)7(5)9(11,12)13/h2-4H,1H3/q-1. The van der Waals surface area contributed by atoms with Crippen LogP contribution in [0.4, 0.5) is 17.3 Å². The predicted molar refractivity (Wildman–Crippen MR) is 46.5 cm³/mol. The van der Waals surface area contributed by atoms with E-state index in [0.29, 0.717) is 6.07 Å². The first-order chi connectivity index (χ1) is 6.88. The normalized spacial score (nSPS) is 11.3. The van der Waals surface area contributed by atoms with Crippen molar-refractivity contribution in [2.45, 2.75) is 0 Å². The molecule has 0 amide bonds.